The number of rotatable bonds is 23. The molecule has 0 aliphatic heterocycles. The molecule has 31 heavy (non-hydrogen) atoms. The molecule has 0 fully saturated rings. The van der Waals surface area contributed by atoms with E-state index >= 15 is 0 Å². The van der Waals surface area contributed by atoms with Gasteiger partial charge in [0.25, 0.3) is 0 Å². The van der Waals surface area contributed by atoms with E-state index in [2.05, 4.69) is 13.8 Å². The summed E-state index contributed by atoms with van der Waals surface area (Å²) in [4.78, 5) is 23.2. The van der Waals surface area contributed by atoms with Crippen molar-refractivity contribution < 1.29 is 19.1 Å². The summed E-state index contributed by atoms with van der Waals surface area (Å²) in [7, 11) is 0. The Morgan fingerprint density at radius 1 is 0.548 bits per heavy atom. The fourth-order valence-corrected chi connectivity index (χ4v) is 3.53. The molecule has 0 bridgehead atoms. The summed E-state index contributed by atoms with van der Waals surface area (Å²) in [6, 6.07) is 0. The number of ether oxygens (including phenoxy) is 2. The molecule has 0 saturated heterocycles. The standard InChI is InChI=1S/C27H50O4/c1-3-5-7-9-10-11-12-13-14-15-16-17-18-19-21-25-31-27(29)23-22-26(28)30-24-20-8-6-4-2/h6,8H,3-5,7,9-25H2,1-2H3/b8-6-. The summed E-state index contributed by atoms with van der Waals surface area (Å²) in [5, 5.41) is 0. The van der Waals surface area contributed by atoms with E-state index in [0.717, 1.165) is 25.7 Å². The van der Waals surface area contributed by atoms with Crippen LogP contribution in [-0.2, 0) is 19.1 Å². The Morgan fingerprint density at radius 3 is 1.42 bits per heavy atom. The average molecular weight is 439 g/mol. The van der Waals surface area contributed by atoms with Gasteiger partial charge in [-0.25, -0.2) is 0 Å². The van der Waals surface area contributed by atoms with Gasteiger partial charge in [0, 0.05) is 0 Å². The molecule has 0 aliphatic carbocycles. The first-order valence-corrected chi connectivity index (χ1v) is 13.2. The van der Waals surface area contributed by atoms with Gasteiger partial charge in [-0.15, -0.1) is 0 Å². The second-order valence-electron chi connectivity index (χ2n) is 8.56. The lowest BCUT2D eigenvalue weighted by atomic mass is 10.0. The molecule has 0 aromatic heterocycles. The molecular weight excluding hydrogens is 388 g/mol. The summed E-state index contributed by atoms with van der Waals surface area (Å²) in [5.41, 5.74) is 0. The molecule has 0 spiro atoms. The molecule has 0 amide bonds. The third kappa shape index (κ3) is 24.8. The van der Waals surface area contributed by atoms with Crippen molar-refractivity contribution in [2.45, 2.75) is 136 Å². The summed E-state index contributed by atoms with van der Waals surface area (Å²) in [6.07, 6.45) is 25.8. The largest absolute Gasteiger partial charge is 0.466 e. The van der Waals surface area contributed by atoms with Crippen molar-refractivity contribution >= 4 is 11.9 Å². The van der Waals surface area contributed by atoms with E-state index in [1.165, 1.54) is 83.5 Å². The highest BCUT2D eigenvalue weighted by atomic mass is 16.5. The molecule has 0 heterocycles. The summed E-state index contributed by atoms with van der Waals surface area (Å²) < 4.78 is 10.3. The summed E-state index contributed by atoms with van der Waals surface area (Å²) >= 11 is 0. The number of esters is 2. The van der Waals surface area contributed by atoms with Gasteiger partial charge in [-0.2, -0.15) is 0 Å². The molecule has 0 radical (unpaired) electrons. The molecule has 4 heteroatoms. The number of hydrogen-bond acceptors (Lipinski definition) is 4. The maximum atomic E-state index is 11.7. The number of carbonyl (C=O) groups excluding carboxylic acids is 2. The van der Waals surface area contributed by atoms with Gasteiger partial charge >= 0.3 is 11.9 Å². The average Bonchev–Trinajstić information content (AvgIpc) is 2.77. The van der Waals surface area contributed by atoms with Crippen molar-refractivity contribution in [3.8, 4) is 0 Å². The third-order valence-corrected chi connectivity index (χ3v) is 5.49. The zero-order chi connectivity index (χ0) is 22.8. The highest BCUT2D eigenvalue weighted by Crippen LogP contribution is 2.13. The Balaban J connectivity index is 3.26. The molecule has 0 atom stereocenters. The lowest BCUT2D eigenvalue weighted by Gasteiger charge is -2.06. The van der Waals surface area contributed by atoms with Crippen LogP contribution in [0.25, 0.3) is 0 Å². The molecule has 0 saturated carbocycles. The zero-order valence-electron chi connectivity index (χ0n) is 20.6. The van der Waals surface area contributed by atoms with Crippen LogP contribution in [0, 0.1) is 0 Å². The number of allylic oxidation sites excluding steroid dienone is 1. The van der Waals surface area contributed by atoms with E-state index in [0.29, 0.717) is 13.2 Å². The Hall–Kier alpha value is -1.32. The fraction of sp³-hybridized carbons (Fsp3) is 0.852. The normalized spacial score (nSPS) is 11.2. The van der Waals surface area contributed by atoms with Crippen LogP contribution in [-0.4, -0.2) is 25.2 Å². The Morgan fingerprint density at radius 2 is 0.968 bits per heavy atom. The van der Waals surface area contributed by atoms with Crippen molar-refractivity contribution in [1.82, 2.24) is 0 Å². The van der Waals surface area contributed by atoms with E-state index in [9.17, 15) is 9.59 Å². The van der Waals surface area contributed by atoms with E-state index in [1.54, 1.807) is 0 Å². The first-order chi connectivity index (χ1) is 15.2. The van der Waals surface area contributed by atoms with Crippen LogP contribution in [0.15, 0.2) is 12.2 Å². The Bertz CT molecular complexity index is 431. The smallest absolute Gasteiger partial charge is 0.306 e. The monoisotopic (exact) mass is 438 g/mol. The van der Waals surface area contributed by atoms with Crippen LogP contribution in [0.1, 0.15) is 136 Å². The summed E-state index contributed by atoms with van der Waals surface area (Å²) in [6.45, 7) is 5.18. The van der Waals surface area contributed by atoms with E-state index < -0.39 is 0 Å². The first kappa shape index (κ1) is 29.7. The molecule has 0 rings (SSSR count). The molecule has 0 unspecified atom stereocenters. The predicted molar refractivity (Wildman–Crippen MR) is 130 cm³/mol. The molecule has 0 aromatic rings. The first-order valence-electron chi connectivity index (χ1n) is 13.2. The molecule has 0 N–H and O–H groups in total. The van der Waals surface area contributed by atoms with Gasteiger partial charge in [-0.05, 0) is 19.3 Å². The summed E-state index contributed by atoms with van der Waals surface area (Å²) in [5.74, 6) is -0.623. The minimum Gasteiger partial charge on any atom is -0.466 e. The van der Waals surface area contributed by atoms with E-state index in [4.69, 9.17) is 9.47 Å². The lowest BCUT2D eigenvalue weighted by molar-refractivity contribution is -0.150. The van der Waals surface area contributed by atoms with Gasteiger partial charge in [0.2, 0.25) is 0 Å². The maximum absolute atomic E-state index is 11.7. The highest BCUT2D eigenvalue weighted by molar-refractivity contribution is 5.77. The zero-order valence-corrected chi connectivity index (χ0v) is 20.6. The van der Waals surface area contributed by atoms with Crippen LogP contribution in [0.3, 0.4) is 0 Å². The maximum Gasteiger partial charge on any atom is 0.306 e. The van der Waals surface area contributed by atoms with Gasteiger partial charge in [0.05, 0.1) is 26.1 Å². The number of unbranched alkanes of at least 4 members (excludes halogenated alkanes) is 14. The minimum absolute atomic E-state index is 0.106. The predicted octanol–water partition coefficient (Wildman–Crippen LogP) is 8.08. The molecule has 182 valence electrons. The van der Waals surface area contributed by atoms with Crippen LogP contribution in [0.2, 0.25) is 0 Å². The van der Waals surface area contributed by atoms with Crippen LogP contribution in [0.4, 0.5) is 0 Å². The molecular formula is C27H50O4. The Labute approximate surface area is 192 Å². The second kappa shape index (κ2) is 24.9. The highest BCUT2D eigenvalue weighted by Gasteiger charge is 2.08. The topological polar surface area (TPSA) is 52.6 Å². The Kier molecular flexibility index (Phi) is 23.9. The van der Waals surface area contributed by atoms with Gasteiger partial charge < -0.3 is 9.47 Å². The number of hydrogen-bond donors (Lipinski definition) is 0. The van der Waals surface area contributed by atoms with Gasteiger partial charge in [0.15, 0.2) is 0 Å². The van der Waals surface area contributed by atoms with Crippen molar-refractivity contribution in [2.24, 2.45) is 0 Å². The van der Waals surface area contributed by atoms with Crippen LogP contribution < -0.4 is 0 Å². The van der Waals surface area contributed by atoms with Gasteiger partial charge in [0.1, 0.15) is 0 Å². The molecule has 4 nitrogen and oxygen atoms in total. The number of carbonyl (C=O) groups is 2. The van der Waals surface area contributed by atoms with E-state index in [1.807, 2.05) is 12.2 Å². The molecule has 0 aliphatic rings. The van der Waals surface area contributed by atoms with Crippen molar-refractivity contribution in [3.05, 3.63) is 12.2 Å². The second-order valence-corrected chi connectivity index (χ2v) is 8.56. The van der Waals surface area contributed by atoms with Gasteiger partial charge in [-0.1, -0.05) is 116 Å². The third-order valence-electron chi connectivity index (χ3n) is 5.49. The fourth-order valence-electron chi connectivity index (χ4n) is 3.53. The van der Waals surface area contributed by atoms with Crippen molar-refractivity contribution in [2.75, 3.05) is 13.2 Å². The van der Waals surface area contributed by atoms with Gasteiger partial charge in [-0.3, -0.25) is 9.59 Å². The van der Waals surface area contributed by atoms with Crippen molar-refractivity contribution in [3.63, 3.8) is 0 Å². The lowest BCUT2D eigenvalue weighted by Crippen LogP contribution is -2.11. The minimum atomic E-state index is -0.325. The molecule has 0 aromatic carbocycles. The SMILES string of the molecule is CC/C=C\CCOC(=O)CCC(=O)OCCCCCCCCCCCCCCCCC. The van der Waals surface area contributed by atoms with Crippen LogP contribution in [0.5, 0.6) is 0 Å². The van der Waals surface area contributed by atoms with Crippen molar-refractivity contribution in [1.29, 1.82) is 0 Å². The van der Waals surface area contributed by atoms with E-state index in [-0.39, 0.29) is 24.8 Å². The quantitative estimate of drug-likeness (QED) is 0.0919. The van der Waals surface area contributed by atoms with Crippen LogP contribution >= 0.6 is 0 Å².